The molecule has 0 aliphatic carbocycles. The van der Waals surface area contributed by atoms with Crippen molar-refractivity contribution in [1.82, 2.24) is 5.43 Å². The van der Waals surface area contributed by atoms with Crippen molar-refractivity contribution in [3.05, 3.63) is 63.6 Å². The van der Waals surface area contributed by atoms with E-state index in [9.17, 15) is 13.2 Å². The van der Waals surface area contributed by atoms with Crippen LogP contribution in [0.5, 0.6) is 0 Å². The van der Waals surface area contributed by atoms with Crippen LogP contribution in [0.1, 0.15) is 11.1 Å². The molecule has 0 aromatic heterocycles. The molecule has 138 valence electrons. The molecule has 0 radical (unpaired) electrons. The van der Waals surface area contributed by atoms with E-state index >= 15 is 0 Å². The third-order valence-electron chi connectivity index (χ3n) is 3.36. The average molecular weight is 414 g/mol. The summed E-state index contributed by atoms with van der Waals surface area (Å²) in [6, 6.07) is 11.7. The first kappa shape index (κ1) is 20.2. The van der Waals surface area contributed by atoms with Gasteiger partial charge >= 0.3 is 0 Å². The highest BCUT2D eigenvalue weighted by atomic mass is 35.5. The SMILES string of the molecule is Cc1ccc(N(CC(=O)NN=Cc2ccc(Cl)c(Cl)c2)S(C)(=O)=O)cc1. The first-order valence-electron chi connectivity index (χ1n) is 7.48. The van der Waals surface area contributed by atoms with E-state index in [-0.39, 0.29) is 6.54 Å². The Balaban J connectivity index is 2.06. The number of nitrogens with zero attached hydrogens (tertiary/aromatic N) is 2. The Morgan fingerprint density at radius 2 is 1.81 bits per heavy atom. The maximum Gasteiger partial charge on any atom is 0.260 e. The normalized spacial score (nSPS) is 11.5. The number of amides is 1. The number of rotatable bonds is 6. The van der Waals surface area contributed by atoms with Crippen molar-refractivity contribution in [1.29, 1.82) is 0 Å². The van der Waals surface area contributed by atoms with Gasteiger partial charge in [-0.05, 0) is 36.8 Å². The number of carbonyl (C=O) groups is 1. The lowest BCUT2D eigenvalue weighted by atomic mass is 10.2. The zero-order valence-corrected chi connectivity index (χ0v) is 16.4. The minimum atomic E-state index is -3.62. The summed E-state index contributed by atoms with van der Waals surface area (Å²) in [5.74, 6) is -0.577. The molecule has 9 heteroatoms. The number of halogens is 2. The summed E-state index contributed by atoms with van der Waals surface area (Å²) in [6.45, 7) is 1.50. The van der Waals surface area contributed by atoms with Gasteiger partial charge in [0, 0.05) is 0 Å². The Labute approximate surface area is 162 Å². The summed E-state index contributed by atoms with van der Waals surface area (Å²) in [5, 5.41) is 4.58. The summed E-state index contributed by atoms with van der Waals surface area (Å²) >= 11 is 11.7. The van der Waals surface area contributed by atoms with Crippen molar-refractivity contribution >= 4 is 51.0 Å². The average Bonchev–Trinajstić information content (AvgIpc) is 2.56. The molecule has 2 rings (SSSR count). The van der Waals surface area contributed by atoms with E-state index in [1.165, 1.54) is 6.21 Å². The minimum absolute atomic E-state index is 0.365. The Kier molecular flexibility index (Phi) is 6.63. The first-order valence-corrected chi connectivity index (χ1v) is 10.1. The van der Waals surface area contributed by atoms with Crippen LogP contribution in [-0.4, -0.2) is 33.3 Å². The molecule has 2 aromatic rings. The Morgan fingerprint density at radius 3 is 2.38 bits per heavy atom. The number of hydrogen-bond donors (Lipinski definition) is 1. The number of nitrogens with one attached hydrogen (secondary N) is 1. The topological polar surface area (TPSA) is 78.8 Å². The predicted octanol–water partition coefficient (Wildman–Crippen LogP) is 3.22. The van der Waals surface area contributed by atoms with Crippen LogP contribution in [0.4, 0.5) is 5.69 Å². The second kappa shape index (κ2) is 8.53. The van der Waals surface area contributed by atoms with Gasteiger partial charge < -0.3 is 0 Å². The van der Waals surface area contributed by atoms with Crippen LogP contribution < -0.4 is 9.73 Å². The van der Waals surface area contributed by atoms with Crippen molar-refractivity contribution in [3.8, 4) is 0 Å². The van der Waals surface area contributed by atoms with Crippen molar-refractivity contribution in [2.24, 2.45) is 5.10 Å². The smallest absolute Gasteiger partial charge is 0.260 e. The standard InChI is InChI=1S/C17H17Cl2N3O3S/c1-12-3-6-14(7-4-12)22(26(2,24)25)11-17(23)21-20-10-13-5-8-15(18)16(19)9-13/h3-10H,11H2,1-2H3,(H,21,23). The van der Waals surface area contributed by atoms with Gasteiger partial charge in [0.25, 0.3) is 5.91 Å². The third kappa shape index (κ3) is 5.72. The first-order chi connectivity index (χ1) is 12.2. The summed E-state index contributed by atoms with van der Waals surface area (Å²) < 4.78 is 25.0. The van der Waals surface area contributed by atoms with Crippen LogP contribution in [0, 0.1) is 6.92 Å². The summed E-state index contributed by atoms with van der Waals surface area (Å²) in [6.07, 6.45) is 2.43. The number of anilines is 1. The van der Waals surface area contributed by atoms with E-state index in [1.54, 1.807) is 42.5 Å². The van der Waals surface area contributed by atoms with Gasteiger partial charge in [0.15, 0.2) is 0 Å². The van der Waals surface area contributed by atoms with Crippen LogP contribution in [0.25, 0.3) is 0 Å². The zero-order chi connectivity index (χ0) is 19.3. The fourth-order valence-electron chi connectivity index (χ4n) is 2.05. The van der Waals surface area contributed by atoms with Crippen molar-refractivity contribution in [3.63, 3.8) is 0 Å². The van der Waals surface area contributed by atoms with Crippen LogP contribution in [-0.2, 0) is 14.8 Å². The number of benzene rings is 2. The van der Waals surface area contributed by atoms with Gasteiger partial charge in [0.2, 0.25) is 10.0 Å². The highest BCUT2D eigenvalue weighted by Gasteiger charge is 2.20. The second-order valence-corrected chi connectivity index (χ2v) is 8.29. The summed E-state index contributed by atoms with van der Waals surface area (Å²) in [4.78, 5) is 12.1. The Hall–Kier alpha value is -2.09. The Morgan fingerprint density at radius 1 is 1.15 bits per heavy atom. The molecule has 0 saturated carbocycles. The van der Waals surface area contributed by atoms with Gasteiger partial charge in [-0.1, -0.05) is 47.0 Å². The molecule has 0 fully saturated rings. The molecule has 0 atom stereocenters. The fraction of sp³-hybridized carbons (Fsp3) is 0.176. The molecule has 0 aliphatic heterocycles. The van der Waals surface area contributed by atoms with Crippen LogP contribution in [0.2, 0.25) is 10.0 Å². The molecule has 6 nitrogen and oxygen atoms in total. The largest absolute Gasteiger partial charge is 0.271 e. The predicted molar refractivity (Wildman–Crippen MR) is 106 cm³/mol. The molecule has 0 heterocycles. The number of hydrogen-bond acceptors (Lipinski definition) is 4. The monoisotopic (exact) mass is 413 g/mol. The molecule has 0 aliphatic rings. The van der Waals surface area contributed by atoms with Crippen molar-refractivity contribution < 1.29 is 13.2 Å². The van der Waals surface area contributed by atoms with Crippen molar-refractivity contribution in [2.75, 3.05) is 17.1 Å². The van der Waals surface area contributed by atoms with Crippen LogP contribution >= 0.6 is 23.2 Å². The van der Waals surface area contributed by atoms with Crippen molar-refractivity contribution in [2.45, 2.75) is 6.92 Å². The maximum absolute atomic E-state index is 12.1. The molecule has 1 amide bonds. The molecular weight excluding hydrogens is 397 g/mol. The van der Waals surface area contributed by atoms with Gasteiger partial charge in [0.05, 0.1) is 28.2 Å². The molecule has 2 aromatic carbocycles. The van der Waals surface area contributed by atoms with Crippen LogP contribution in [0.15, 0.2) is 47.6 Å². The third-order valence-corrected chi connectivity index (χ3v) is 5.24. The van der Waals surface area contributed by atoms with Gasteiger partial charge in [-0.25, -0.2) is 13.8 Å². The van der Waals surface area contributed by atoms with E-state index in [2.05, 4.69) is 10.5 Å². The van der Waals surface area contributed by atoms with E-state index in [0.717, 1.165) is 16.1 Å². The number of aryl methyl sites for hydroxylation is 1. The molecule has 0 unspecified atom stereocenters. The quantitative estimate of drug-likeness (QED) is 0.583. The van der Waals surface area contributed by atoms with Crippen LogP contribution in [0.3, 0.4) is 0 Å². The maximum atomic E-state index is 12.1. The van der Waals surface area contributed by atoms with Gasteiger partial charge in [-0.3, -0.25) is 9.10 Å². The Bertz CT molecular complexity index is 929. The summed E-state index contributed by atoms with van der Waals surface area (Å²) in [5.41, 5.74) is 4.32. The van der Waals surface area contributed by atoms with E-state index in [0.29, 0.717) is 21.3 Å². The summed E-state index contributed by atoms with van der Waals surface area (Å²) in [7, 11) is -3.62. The molecule has 26 heavy (non-hydrogen) atoms. The number of hydrazone groups is 1. The molecular formula is C17H17Cl2N3O3S. The minimum Gasteiger partial charge on any atom is -0.271 e. The van der Waals surface area contributed by atoms with Gasteiger partial charge in [-0.2, -0.15) is 5.10 Å². The lowest BCUT2D eigenvalue weighted by Gasteiger charge is -2.21. The van der Waals surface area contributed by atoms with Gasteiger partial charge in [0.1, 0.15) is 6.54 Å². The fourth-order valence-corrected chi connectivity index (χ4v) is 3.21. The van der Waals surface area contributed by atoms with E-state index < -0.39 is 15.9 Å². The lowest BCUT2D eigenvalue weighted by molar-refractivity contribution is -0.119. The zero-order valence-electron chi connectivity index (χ0n) is 14.1. The highest BCUT2D eigenvalue weighted by molar-refractivity contribution is 7.92. The van der Waals surface area contributed by atoms with Gasteiger partial charge in [-0.15, -0.1) is 0 Å². The molecule has 1 N–H and O–H groups in total. The highest BCUT2D eigenvalue weighted by Crippen LogP contribution is 2.21. The molecule has 0 saturated heterocycles. The van der Waals surface area contributed by atoms with E-state index in [4.69, 9.17) is 23.2 Å². The second-order valence-electron chi connectivity index (χ2n) is 5.57. The molecule has 0 bridgehead atoms. The molecule has 0 spiro atoms. The number of sulfonamides is 1. The number of carbonyl (C=O) groups excluding carboxylic acids is 1. The van der Waals surface area contributed by atoms with E-state index in [1.807, 2.05) is 6.92 Å². The lowest BCUT2D eigenvalue weighted by Crippen LogP contribution is -2.39.